The molecule has 2 aromatic carbocycles. The van der Waals surface area contributed by atoms with E-state index in [0.717, 1.165) is 43.7 Å². The van der Waals surface area contributed by atoms with Gasteiger partial charge in [0.05, 0.1) is 23.9 Å². The highest BCUT2D eigenvalue weighted by molar-refractivity contribution is 5.92. The van der Waals surface area contributed by atoms with Crippen LogP contribution < -0.4 is 5.32 Å². The van der Waals surface area contributed by atoms with Crippen LogP contribution in [0.2, 0.25) is 0 Å². The van der Waals surface area contributed by atoms with Crippen molar-refractivity contribution in [3.05, 3.63) is 60.9 Å². The van der Waals surface area contributed by atoms with Crippen LogP contribution in [0.3, 0.4) is 0 Å². The smallest absolute Gasteiger partial charge is 0.238 e. The van der Waals surface area contributed by atoms with Crippen molar-refractivity contribution in [3.63, 3.8) is 0 Å². The Kier molecular flexibility index (Phi) is 4.97. The molecule has 1 aliphatic rings. The van der Waals surface area contributed by atoms with Crippen LogP contribution in [0.25, 0.3) is 11.0 Å². The van der Waals surface area contributed by atoms with Crippen LogP contribution in [0.5, 0.6) is 0 Å². The Bertz CT molecular complexity index is 866. The molecule has 4 rings (SSSR count). The first-order valence-corrected chi connectivity index (χ1v) is 9.25. The summed E-state index contributed by atoms with van der Waals surface area (Å²) in [4.78, 5) is 18.9. The van der Waals surface area contributed by atoms with Crippen molar-refractivity contribution < 1.29 is 4.79 Å². The lowest BCUT2D eigenvalue weighted by Gasteiger charge is -2.31. The molecule has 1 N–H and O–H groups in total. The summed E-state index contributed by atoms with van der Waals surface area (Å²) in [6, 6.07) is 17.9. The first kappa shape index (κ1) is 16.8. The molecule has 5 heteroatoms. The lowest BCUT2D eigenvalue weighted by atomic mass is 9.96. The summed E-state index contributed by atoms with van der Waals surface area (Å²) >= 11 is 0. The number of nitrogens with zero attached hydrogens (tertiary/aromatic N) is 3. The minimum absolute atomic E-state index is 0.0650. The summed E-state index contributed by atoms with van der Waals surface area (Å²) in [6.45, 7) is 3.42. The molecule has 0 atom stereocenters. The number of benzene rings is 2. The third-order valence-electron chi connectivity index (χ3n) is 5.11. The number of para-hydroxylation sites is 3. The molecule has 1 saturated heterocycles. The highest BCUT2D eigenvalue weighted by Gasteiger charge is 2.21. The molecule has 1 amide bonds. The number of hydrogen-bond acceptors (Lipinski definition) is 3. The van der Waals surface area contributed by atoms with Gasteiger partial charge in [0.25, 0.3) is 0 Å². The minimum atomic E-state index is 0.0650. The van der Waals surface area contributed by atoms with Gasteiger partial charge >= 0.3 is 0 Å². The summed E-state index contributed by atoms with van der Waals surface area (Å²) < 4.78 is 2.26. The van der Waals surface area contributed by atoms with Crippen LogP contribution in [-0.2, 0) is 11.3 Å². The topological polar surface area (TPSA) is 50.2 Å². The van der Waals surface area contributed by atoms with Crippen LogP contribution in [0.1, 0.15) is 12.8 Å². The molecule has 1 aliphatic heterocycles. The molecule has 0 bridgehead atoms. The maximum Gasteiger partial charge on any atom is 0.238 e. The molecule has 0 aliphatic carbocycles. The van der Waals surface area contributed by atoms with Gasteiger partial charge in [0, 0.05) is 12.2 Å². The van der Waals surface area contributed by atoms with Crippen LogP contribution in [-0.4, -0.2) is 40.0 Å². The van der Waals surface area contributed by atoms with E-state index in [0.29, 0.717) is 12.5 Å². The molecule has 1 aromatic heterocycles. The predicted molar refractivity (Wildman–Crippen MR) is 104 cm³/mol. The van der Waals surface area contributed by atoms with Gasteiger partial charge in [-0.3, -0.25) is 9.69 Å². The number of amides is 1. The van der Waals surface area contributed by atoms with Crippen LogP contribution in [0.15, 0.2) is 60.9 Å². The predicted octanol–water partition coefficient (Wildman–Crippen LogP) is 3.39. The number of fused-ring (bicyclic) bond motifs is 1. The van der Waals surface area contributed by atoms with Crippen molar-refractivity contribution >= 4 is 22.6 Å². The van der Waals surface area contributed by atoms with E-state index in [1.54, 1.807) is 0 Å². The molecule has 0 radical (unpaired) electrons. The molecule has 26 heavy (non-hydrogen) atoms. The normalized spacial score (nSPS) is 16.0. The number of rotatable bonds is 5. The van der Waals surface area contributed by atoms with Gasteiger partial charge in [0.1, 0.15) is 0 Å². The zero-order chi connectivity index (χ0) is 17.8. The van der Waals surface area contributed by atoms with Gasteiger partial charge in [0.15, 0.2) is 0 Å². The summed E-state index contributed by atoms with van der Waals surface area (Å²) in [5.74, 6) is 0.705. The standard InChI is InChI=1S/C21H24N4O/c26-21(23-18-6-2-1-3-7-18)15-24-12-10-17(11-13-24)14-25-16-22-19-8-4-5-9-20(19)25/h1-9,16-17H,10-15H2,(H,23,26). The lowest BCUT2D eigenvalue weighted by molar-refractivity contribution is -0.117. The van der Waals surface area contributed by atoms with Crippen molar-refractivity contribution in [3.8, 4) is 0 Å². The Labute approximate surface area is 153 Å². The minimum Gasteiger partial charge on any atom is -0.330 e. The Balaban J connectivity index is 1.27. The highest BCUT2D eigenvalue weighted by Crippen LogP contribution is 2.21. The fourth-order valence-corrected chi connectivity index (χ4v) is 3.69. The Hall–Kier alpha value is -2.66. The van der Waals surface area contributed by atoms with Crippen molar-refractivity contribution in [1.82, 2.24) is 14.5 Å². The summed E-state index contributed by atoms with van der Waals surface area (Å²) in [6.07, 6.45) is 4.18. The van der Waals surface area contributed by atoms with E-state index in [9.17, 15) is 4.79 Å². The number of carbonyl (C=O) groups is 1. The molecule has 134 valence electrons. The van der Waals surface area contributed by atoms with Gasteiger partial charge in [-0.05, 0) is 56.1 Å². The van der Waals surface area contributed by atoms with Crippen LogP contribution in [0.4, 0.5) is 5.69 Å². The van der Waals surface area contributed by atoms with E-state index >= 15 is 0 Å². The Morgan fingerprint density at radius 1 is 1.04 bits per heavy atom. The Morgan fingerprint density at radius 3 is 2.58 bits per heavy atom. The summed E-state index contributed by atoms with van der Waals surface area (Å²) in [5, 5.41) is 2.96. The number of carbonyl (C=O) groups excluding carboxylic acids is 1. The van der Waals surface area contributed by atoms with Gasteiger partial charge in [-0.25, -0.2) is 4.98 Å². The maximum atomic E-state index is 12.2. The zero-order valence-corrected chi connectivity index (χ0v) is 14.8. The van der Waals surface area contributed by atoms with Gasteiger partial charge in [-0.2, -0.15) is 0 Å². The van der Waals surface area contributed by atoms with Crippen molar-refractivity contribution in [1.29, 1.82) is 0 Å². The second-order valence-corrected chi connectivity index (χ2v) is 7.02. The number of likely N-dealkylation sites (tertiary alicyclic amines) is 1. The number of aromatic nitrogens is 2. The van der Waals surface area contributed by atoms with E-state index in [-0.39, 0.29) is 5.91 Å². The second kappa shape index (κ2) is 7.70. The third kappa shape index (κ3) is 3.94. The molecule has 0 spiro atoms. The average Bonchev–Trinajstić information content (AvgIpc) is 3.07. The molecular formula is C21H24N4O. The fourth-order valence-electron chi connectivity index (χ4n) is 3.69. The zero-order valence-electron chi connectivity index (χ0n) is 14.8. The molecular weight excluding hydrogens is 324 g/mol. The van der Waals surface area contributed by atoms with Gasteiger partial charge in [-0.1, -0.05) is 30.3 Å². The maximum absolute atomic E-state index is 12.2. The van der Waals surface area contributed by atoms with E-state index in [1.165, 1.54) is 5.52 Å². The first-order valence-electron chi connectivity index (χ1n) is 9.25. The largest absolute Gasteiger partial charge is 0.330 e. The van der Waals surface area contributed by atoms with Crippen LogP contribution in [0, 0.1) is 5.92 Å². The molecule has 0 unspecified atom stereocenters. The lowest BCUT2D eigenvalue weighted by Crippen LogP contribution is -2.39. The van der Waals surface area contributed by atoms with Crippen molar-refractivity contribution in [2.45, 2.75) is 19.4 Å². The summed E-state index contributed by atoms with van der Waals surface area (Å²) in [5.41, 5.74) is 3.12. The van der Waals surface area contributed by atoms with Crippen LogP contribution >= 0.6 is 0 Å². The van der Waals surface area contributed by atoms with Gasteiger partial charge in [0.2, 0.25) is 5.91 Å². The summed E-state index contributed by atoms with van der Waals surface area (Å²) in [7, 11) is 0. The van der Waals surface area contributed by atoms with E-state index in [1.807, 2.05) is 42.7 Å². The molecule has 1 fully saturated rings. The molecule has 0 saturated carbocycles. The average molecular weight is 348 g/mol. The number of nitrogens with one attached hydrogen (secondary N) is 1. The van der Waals surface area contributed by atoms with E-state index in [2.05, 4.69) is 38.0 Å². The number of anilines is 1. The monoisotopic (exact) mass is 348 g/mol. The number of hydrogen-bond donors (Lipinski definition) is 1. The Morgan fingerprint density at radius 2 is 1.77 bits per heavy atom. The van der Waals surface area contributed by atoms with Gasteiger partial charge < -0.3 is 9.88 Å². The van der Waals surface area contributed by atoms with Crippen molar-refractivity contribution in [2.24, 2.45) is 5.92 Å². The SMILES string of the molecule is O=C(CN1CCC(Cn2cnc3ccccc32)CC1)Nc1ccccc1. The number of imidazole rings is 1. The fraction of sp³-hybridized carbons (Fsp3) is 0.333. The van der Waals surface area contributed by atoms with Gasteiger partial charge in [-0.15, -0.1) is 0 Å². The number of piperidine rings is 1. The van der Waals surface area contributed by atoms with Crippen molar-refractivity contribution in [2.75, 3.05) is 25.0 Å². The first-order chi connectivity index (χ1) is 12.8. The van der Waals surface area contributed by atoms with E-state index < -0.39 is 0 Å². The second-order valence-electron chi connectivity index (χ2n) is 7.02. The molecule has 3 aromatic rings. The highest BCUT2D eigenvalue weighted by atomic mass is 16.2. The molecule has 5 nitrogen and oxygen atoms in total. The third-order valence-corrected chi connectivity index (χ3v) is 5.11. The van der Waals surface area contributed by atoms with E-state index in [4.69, 9.17) is 0 Å². The molecule has 2 heterocycles. The quantitative estimate of drug-likeness (QED) is 0.769.